The van der Waals surface area contributed by atoms with Crippen LogP contribution in [0.4, 0.5) is 0 Å². The predicted octanol–water partition coefficient (Wildman–Crippen LogP) is 1.27. The molecule has 0 amide bonds. The van der Waals surface area contributed by atoms with Crippen molar-refractivity contribution in [2.75, 3.05) is 13.7 Å². The fourth-order valence-corrected chi connectivity index (χ4v) is 1.27. The van der Waals surface area contributed by atoms with Crippen LogP contribution in [0.15, 0.2) is 0 Å². The Morgan fingerprint density at radius 3 is 2.54 bits per heavy atom. The van der Waals surface area contributed by atoms with E-state index in [1.54, 1.807) is 0 Å². The summed E-state index contributed by atoms with van der Waals surface area (Å²) in [5.74, 6) is -0.429. The van der Waals surface area contributed by atoms with Crippen molar-refractivity contribution in [2.45, 2.75) is 25.3 Å². The first-order valence-electron chi connectivity index (χ1n) is 4.02. The molecule has 0 saturated heterocycles. The molecule has 0 aromatic carbocycles. The quantitative estimate of drug-likeness (QED) is 0.423. The van der Waals surface area contributed by atoms with Gasteiger partial charge in [-0.15, -0.1) is 3.94 Å². The second kappa shape index (κ2) is 7.38. The number of carbonyl (C=O) groups excluding carboxylic acids is 1. The summed E-state index contributed by atoms with van der Waals surface area (Å²) in [4.78, 5) is 11.1. The van der Waals surface area contributed by atoms with Gasteiger partial charge in [0.15, 0.2) is 0 Å². The van der Waals surface area contributed by atoms with Crippen LogP contribution in [0.1, 0.15) is 19.3 Å². The van der Waals surface area contributed by atoms with Gasteiger partial charge in [-0.3, -0.25) is 4.79 Å². The van der Waals surface area contributed by atoms with Crippen LogP contribution in [0.5, 0.6) is 0 Å². The smallest absolute Gasteiger partial charge is 0.325 e. The second-order valence-corrected chi connectivity index (χ2v) is 3.48. The summed E-state index contributed by atoms with van der Waals surface area (Å²) in [7, 11) is 1.30. The molecule has 0 fully saturated rings. The fourth-order valence-electron chi connectivity index (χ4n) is 0.913. The summed E-state index contributed by atoms with van der Waals surface area (Å²) < 4.78 is 5.35. The Bertz CT molecular complexity index is 155. The molecule has 13 heavy (non-hydrogen) atoms. The molecule has 78 valence electrons. The minimum Gasteiger partial charge on any atom is -0.468 e. The maximum absolute atomic E-state index is 11.1. The molecule has 0 aromatic rings. The van der Waals surface area contributed by atoms with Gasteiger partial charge in [-0.2, -0.15) is 0 Å². The zero-order chi connectivity index (χ0) is 10.3. The number of methoxy groups -OCH3 is 1. The molecule has 0 rings (SSSR count). The first-order chi connectivity index (χ1) is 6.13. The molecule has 0 aliphatic rings. The van der Waals surface area contributed by atoms with E-state index < -0.39 is 12.0 Å². The van der Waals surface area contributed by atoms with E-state index in [0.717, 1.165) is 16.8 Å². The number of esters is 1. The highest BCUT2D eigenvalue weighted by Crippen LogP contribution is 2.15. The van der Waals surface area contributed by atoms with Gasteiger partial charge in [-0.1, -0.05) is 0 Å². The Kier molecular flexibility index (Phi) is 7.36. The van der Waals surface area contributed by atoms with Gasteiger partial charge < -0.3 is 10.5 Å². The maximum atomic E-state index is 11.1. The van der Waals surface area contributed by atoms with Gasteiger partial charge in [0.05, 0.1) is 7.11 Å². The number of hydrogen-bond donors (Lipinski definition) is 1. The van der Waals surface area contributed by atoms with Crippen molar-refractivity contribution in [1.82, 2.24) is 3.94 Å². The second-order valence-electron chi connectivity index (χ2n) is 2.58. The lowest BCUT2D eigenvalue weighted by Crippen LogP contribution is -2.30. The number of nitrogens with zero attached hydrogens (tertiary/aromatic N) is 1. The molecule has 0 aliphatic carbocycles. The van der Waals surface area contributed by atoms with Crippen LogP contribution in [-0.2, 0) is 9.53 Å². The van der Waals surface area contributed by atoms with Gasteiger partial charge in [0.2, 0.25) is 0 Å². The number of rotatable bonds is 6. The lowest BCUT2D eigenvalue weighted by molar-refractivity contribution is -0.144. The van der Waals surface area contributed by atoms with Crippen molar-refractivity contribution < 1.29 is 9.53 Å². The van der Waals surface area contributed by atoms with E-state index >= 15 is 0 Å². The van der Waals surface area contributed by atoms with Gasteiger partial charge in [0.1, 0.15) is 6.04 Å². The predicted molar refractivity (Wildman–Crippen MR) is 52.3 cm³/mol. The minimum absolute atomic E-state index is 0.429. The summed E-state index contributed by atoms with van der Waals surface area (Å²) >= 11 is 10.9. The van der Waals surface area contributed by atoms with Gasteiger partial charge in [0, 0.05) is 0 Å². The van der Waals surface area contributed by atoms with E-state index in [1.807, 2.05) is 0 Å². The summed E-state index contributed by atoms with van der Waals surface area (Å²) in [6, 6.07) is -0.597. The monoisotopic (exact) mass is 228 g/mol. The van der Waals surface area contributed by atoms with Crippen molar-refractivity contribution in [1.29, 1.82) is 0 Å². The molecule has 0 bridgehead atoms. The largest absolute Gasteiger partial charge is 0.468 e. The van der Waals surface area contributed by atoms with Crippen LogP contribution in [0.3, 0.4) is 0 Å². The van der Waals surface area contributed by atoms with Crippen molar-refractivity contribution in [3.05, 3.63) is 0 Å². The number of carbonyl (C=O) groups is 1. The third kappa shape index (κ3) is 5.31. The molecule has 2 N–H and O–H groups in total. The Hall–Kier alpha value is -0.0300. The van der Waals surface area contributed by atoms with E-state index in [1.165, 1.54) is 7.11 Å². The van der Waals surface area contributed by atoms with Gasteiger partial charge >= 0.3 is 5.97 Å². The molecule has 0 saturated carbocycles. The summed E-state index contributed by atoms with van der Waals surface area (Å²) in [5, 5.41) is 0. The molecule has 6 heteroatoms. The zero-order valence-corrected chi connectivity index (χ0v) is 9.01. The molecule has 4 nitrogen and oxygen atoms in total. The zero-order valence-electron chi connectivity index (χ0n) is 7.50. The first kappa shape index (κ1) is 13.0. The van der Waals surface area contributed by atoms with Crippen LogP contribution in [-0.4, -0.2) is 29.6 Å². The van der Waals surface area contributed by atoms with E-state index in [0.29, 0.717) is 13.0 Å². The van der Waals surface area contributed by atoms with Crippen LogP contribution in [0.2, 0.25) is 0 Å². The molecule has 0 unspecified atom stereocenters. The minimum atomic E-state index is -0.597. The van der Waals surface area contributed by atoms with Crippen LogP contribution in [0.25, 0.3) is 0 Å². The van der Waals surface area contributed by atoms with Gasteiger partial charge in [0.25, 0.3) is 0 Å². The first-order valence-corrected chi connectivity index (χ1v) is 4.69. The number of ether oxygens (including phenoxy) is 1. The normalized spacial score (nSPS) is 13.0. The van der Waals surface area contributed by atoms with E-state index in [9.17, 15) is 4.79 Å². The van der Waals surface area contributed by atoms with Crippen LogP contribution >= 0.6 is 23.6 Å². The van der Waals surface area contributed by atoms with Crippen LogP contribution < -0.4 is 5.73 Å². The average molecular weight is 229 g/mol. The van der Waals surface area contributed by atoms with Gasteiger partial charge in [-0.05, 0) is 49.4 Å². The number of hydrogen-bond acceptors (Lipinski definition) is 4. The molecule has 0 spiro atoms. The fraction of sp³-hybridized carbons (Fsp3) is 0.857. The Labute approximate surface area is 88.1 Å². The third-order valence-electron chi connectivity index (χ3n) is 1.64. The highest BCUT2D eigenvalue weighted by molar-refractivity contribution is 6.34. The van der Waals surface area contributed by atoms with Crippen LogP contribution in [0, 0.1) is 0 Å². The lowest BCUT2D eigenvalue weighted by Gasteiger charge is -2.16. The molecular formula is C7H14Cl2N2O2. The van der Waals surface area contributed by atoms with Gasteiger partial charge in [-0.25, -0.2) is 0 Å². The van der Waals surface area contributed by atoms with Crippen molar-refractivity contribution >= 4 is 29.5 Å². The molecule has 0 radical (unpaired) electrons. The Morgan fingerprint density at radius 1 is 1.54 bits per heavy atom. The van der Waals surface area contributed by atoms with Crippen molar-refractivity contribution in [3.8, 4) is 0 Å². The molecular weight excluding hydrogens is 215 g/mol. The highest BCUT2D eigenvalue weighted by Gasteiger charge is 2.23. The standard InChI is InChI=1S/C7H14Cl2N2O2/c1-13-7(12)6(11(8)9)4-2-3-5-10/h6H,2-5,10H2,1H3/t6-/m0/s1. The number of unbranched alkanes of at least 4 members (excludes halogenated alkanes) is 1. The van der Waals surface area contributed by atoms with Crippen molar-refractivity contribution in [3.63, 3.8) is 0 Å². The SMILES string of the molecule is COC(=O)[C@H](CCCCN)N(Cl)Cl. The summed E-state index contributed by atoms with van der Waals surface area (Å²) in [6.45, 7) is 0.596. The summed E-state index contributed by atoms with van der Waals surface area (Å²) in [6.07, 6.45) is 2.19. The molecule has 0 aliphatic heterocycles. The molecule has 0 heterocycles. The maximum Gasteiger partial charge on any atom is 0.325 e. The van der Waals surface area contributed by atoms with E-state index in [-0.39, 0.29) is 0 Å². The topological polar surface area (TPSA) is 55.6 Å². The van der Waals surface area contributed by atoms with E-state index in [2.05, 4.69) is 4.74 Å². The number of nitrogens with two attached hydrogens (primary N) is 1. The Balaban J connectivity index is 3.88. The molecule has 1 atom stereocenters. The lowest BCUT2D eigenvalue weighted by atomic mass is 10.1. The number of halogens is 2. The average Bonchev–Trinajstić information content (AvgIpc) is 2.11. The molecule has 0 aromatic heterocycles. The highest BCUT2D eigenvalue weighted by atomic mass is 35.5. The third-order valence-corrected chi connectivity index (χ3v) is 2.11. The summed E-state index contributed by atoms with van der Waals surface area (Å²) in [5.41, 5.74) is 5.30. The van der Waals surface area contributed by atoms with Crippen molar-refractivity contribution in [2.24, 2.45) is 5.73 Å². The van der Waals surface area contributed by atoms with E-state index in [4.69, 9.17) is 29.3 Å². The Morgan fingerprint density at radius 2 is 2.15 bits per heavy atom.